The first-order chi connectivity index (χ1) is 20.9. The Kier molecular flexibility index (Phi) is 11.1. The van der Waals surface area contributed by atoms with Crippen molar-refractivity contribution in [2.45, 2.75) is 98.2 Å². The van der Waals surface area contributed by atoms with Gasteiger partial charge in [-0.15, -0.1) is 0 Å². The third-order valence-electron chi connectivity index (χ3n) is 8.51. The second-order valence-corrected chi connectivity index (χ2v) is 13.1. The first-order valence-electron chi connectivity index (χ1n) is 15.2. The molecule has 1 aromatic heterocycles. The average molecular weight is 628 g/mol. The zero-order chi connectivity index (χ0) is 33.9. The van der Waals surface area contributed by atoms with Crippen molar-refractivity contribution < 1.29 is 48.0 Å². The maximum Gasteiger partial charge on any atom is 0.340 e. The molecule has 11 nitrogen and oxygen atoms in total. The molecular formula is C34H45NO10. The Morgan fingerprint density at radius 1 is 1.07 bits per heavy atom. The van der Waals surface area contributed by atoms with E-state index in [4.69, 9.17) is 18.9 Å². The number of esters is 4. The lowest BCUT2D eigenvalue weighted by Gasteiger charge is -2.41. The van der Waals surface area contributed by atoms with E-state index in [1.54, 1.807) is 59.8 Å². The van der Waals surface area contributed by atoms with Gasteiger partial charge in [0, 0.05) is 50.4 Å². The van der Waals surface area contributed by atoms with Gasteiger partial charge in [0.1, 0.15) is 18.3 Å². The van der Waals surface area contributed by atoms with Crippen molar-refractivity contribution in [3.8, 4) is 0 Å². The fourth-order valence-electron chi connectivity index (χ4n) is 6.32. The highest BCUT2D eigenvalue weighted by atomic mass is 16.6. The van der Waals surface area contributed by atoms with Crippen LogP contribution in [0, 0.1) is 29.1 Å². The van der Waals surface area contributed by atoms with Crippen LogP contribution < -0.4 is 0 Å². The number of nitrogens with zero attached hydrogens (tertiary/aromatic N) is 1. The number of Topliss-reactive ketones (excluding diaryl/α,β-unsaturated/α-hetero) is 1. The van der Waals surface area contributed by atoms with Crippen LogP contribution in [0.15, 0.2) is 48.8 Å². The predicted molar refractivity (Wildman–Crippen MR) is 162 cm³/mol. The number of ether oxygens (including phenoxy) is 4. The molecule has 2 aliphatic carbocycles. The minimum atomic E-state index is -1.86. The lowest BCUT2D eigenvalue weighted by molar-refractivity contribution is -0.182. The summed E-state index contributed by atoms with van der Waals surface area (Å²) in [6.07, 6.45) is 1.15. The zero-order valence-corrected chi connectivity index (χ0v) is 27.3. The van der Waals surface area contributed by atoms with Crippen LogP contribution in [-0.2, 0) is 38.1 Å². The van der Waals surface area contributed by atoms with Gasteiger partial charge >= 0.3 is 23.9 Å². The van der Waals surface area contributed by atoms with Gasteiger partial charge in [-0.05, 0) is 23.6 Å². The van der Waals surface area contributed by atoms with Gasteiger partial charge in [-0.25, -0.2) is 4.79 Å². The van der Waals surface area contributed by atoms with Crippen LogP contribution in [0.25, 0.3) is 0 Å². The molecule has 0 bridgehead atoms. The quantitative estimate of drug-likeness (QED) is 0.274. The smallest absolute Gasteiger partial charge is 0.340 e. The summed E-state index contributed by atoms with van der Waals surface area (Å²) in [5.41, 5.74) is -2.60. The monoisotopic (exact) mass is 627 g/mol. The van der Waals surface area contributed by atoms with Gasteiger partial charge < -0.3 is 24.1 Å². The van der Waals surface area contributed by atoms with Crippen LogP contribution in [0.1, 0.15) is 78.6 Å². The maximum absolute atomic E-state index is 14.4. The molecule has 246 valence electrons. The molecule has 0 spiro atoms. The Balaban J connectivity index is 2.21. The average Bonchev–Trinajstić information content (AvgIpc) is 3.23. The number of pyridine rings is 1. The Morgan fingerprint density at radius 3 is 2.29 bits per heavy atom. The molecule has 0 radical (unpaired) electrons. The molecule has 0 aliphatic heterocycles. The summed E-state index contributed by atoms with van der Waals surface area (Å²) >= 11 is 0. The van der Waals surface area contributed by atoms with Gasteiger partial charge in [-0.3, -0.25) is 24.2 Å². The molecule has 1 saturated carbocycles. The van der Waals surface area contributed by atoms with E-state index in [0.717, 1.165) is 0 Å². The van der Waals surface area contributed by atoms with E-state index < -0.39 is 88.8 Å². The third-order valence-corrected chi connectivity index (χ3v) is 8.51. The van der Waals surface area contributed by atoms with Gasteiger partial charge in [0.15, 0.2) is 11.4 Å². The van der Waals surface area contributed by atoms with Crippen molar-refractivity contribution in [1.29, 1.82) is 0 Å². The summed E-state index contributed by atoms with van der Waals surface area (Å²) < 4.78 is 23.4. The Bertz CT molecular complexity index is 1340. The second-order valence-electron chi connectivity index (χ2n) is 13.1. The van der Waals surface area contributed by atoms with E-state index in [1.807, 2.05) is 0 Å². The fourth-order valence-corrected chi connectivity index (χ4v) is 6.32. The summed E-state index contributed by atoms with van der Waals surface area (Å²) in [6, 6.07) is 3.12. The Labute approximate surface area is 264 Å². The van der Waals surface area contributed by atoms with Crippen LogP contribution >= 0.6 is 0 Å². The van der Waals surface area contributed by atoms with Gasteiger partial charge in [0.2, 0.25) is 0 Å². The number of ketones is 1. The standard InChI is InChI=1S/C34H45NO10/c1-18(2)31(40)43-28-21(5)16-34(45-23(7)37)26(28)27(38)20(4)15-25(42-22(6)36)30(33(8,9)13-12-19(3)29(34)39)44-32(41)24-11-10-14-35-17-24/h10-14,17-19,21,25-28,30,38H,4,15-16H2,1-3,5-9H3/b13-12+/t19-,21-,25+,26-,27-,28-,30+,34+/m0/s1. The van der Waals surface area contributed by atoms with Gasteiger partial charge in [0.25, 0.3) is 0 Å². The van der Waals surface area contributed by atoms with E-state index in [0.29, 0.717) is 0 Å². The number of hydrogen-bond donors (Lipinski definition) is 1. The van der Waals surface area contributed by atoms with E-state index in [2.05, 4.69) is 11.6 Å². The molecule has 0 unspecified atom stereocenters. The molecule has 1 N–H and O–H groups in total. The van der Waals surface area contributed by atoms with E-state index in [-0.39, 0.29) is 24.0 Å². The third kappa shape index (κ3) is 7.87. The number of carbonyl (C=O) groups is 5. The summed E-state index contributed by atoms with van der Waals surface area (Å²) in [4.78, 5) is 69.3. The second kappa shape index (κ2) is 14.1. The molecule has 45 heavy (non-hydrogen) atoms. The number of aromatic nitrogens is 1. The maximum atomic E-state index is 14.4. The Hall–Kier alpha value is -3.86. The topological polar surface area (TPSA) is 155 Å². The number of aliphatic hydroxyl groups is 1. The first kappa shape index (κ1) is 35.6. The molecule has 11 heteroatoms. The number of carbonyl (C=O) groups excluding carboxylic acids is 5. The molecule has 3 rings (SSSR count). The molecular weight excluding hydrogens is 582 g/mol. The van der Waals surface area contributed by atoms with Crippen molar-refractivity contribution >= 4 is 29.7 Å². The number of aliphatic hydroxyl groups excluding tert-OH is 1. The highest BCUT2D eigenvalue weighted by molar-refractivity contribution is 5.93. The van der Waals surface area contributed by atoms with E-state index in [1.165, 1.54) is 32.3 Å². The van der Waals surface area contributed by atoms with Gasteiger partial charge in [-0.2, -0.15) is 0 Å². The van der Waals surface area contributed by atoms with Crippen LogP contribution in [0.2, 0.25) is 0 Å². The normalized spacial score (nSPS) is 32.4. The summed E-state index contributed by atoms with van der Waals surface area (Å²) in [6.45, 7) is 16.7. The van der Waals surface area contributed by atoms with Crippen LogP contribution in [-0.4, -0.2) is 69.8 Å². The highest BCUT2D eigenvalue weighted by Gasteiger charge is 2.64. The van der Waals surface area contributed by atoms with Gasteiger partial charge in [-0.1, -0.05) is 60.3 Å². The fraction of sp³-hybridized carbons (Fsp3) is 0.588. The lowest BCUT2D eigenvalue weighted by atomic mass is 9.73. The van der Waals surface area contributed by atoms with E-state index in [9.17, 15) is 29.1 Å². The summed E-state index contributed by atoms with van der Waals surface area (Å²) in [5.74, 6) is -6.22. The molecule has 2 aliphatic rings. The minimum Gasteiger partial charge on any atom is -0.461 e. The van der Waals surface area contributed by atoms with Crippen molar-refractivity contribution in [3.63, 3.8) is 0 Å². The molecule has 1 heterocycles. The minimum absolute atomic E-state index is 0.00322. The Morgan fingerprint density at radius 2 is 1.73 bits per heavy atom. The predicted octanol–water partition coefficient (Wildman–Crippen LogP) is 4.17. The number of rotatable bonds is 6. The van der Waals surface area contributed by atoms with Crippen LogP contribution in [0.4, 0.5) is 0 Å². The number of fused-ring (bicyclic) bond motifs is 1. The summed E-state index contributed by atoms with van der Waals surface area (Å²) in [7, 11) is 0. The van der Waals surface area contributed by atoms with Crippen molar-refractivity contribution in [2.24, 2.45) is 29.1 Å². The molecule has 0 amide bonds. The molecule has 0 saturated heterocycles. The first-order valence-corrected chi connectivity index (χ1v) is 15.2. The van der Waals surface area contributed by atoms with E-state index >= 15 is 0 Å². The van der Waals surface area contributed by atoms with Crippen LogP contribution in [0.3, 0.4) is 0 Å². The van der Waals surface area contributed by atoms with Crippen LogP contribution in [0.5, 0.6) is 0 Å². The van der Waals surface area contributed by atoms with Crippen molar-refractivity contribution in [2.75, 3.05) is 0 Å². The van der Waals surface area contributed by atoms with Crippen molar-refractivity contribution in [3.05, 3.63) is 54.4 Å². The SMILES string of the molecule is C=C1C[C@@H](OC(C)=O)[C@@H](OC(=O)c2cccnc2)C(C)(C)/C=C/[C@H](C)C(=O)[C@@]2(OC(C)=O)C[C@H](C)[C@H](OC(=O)C(C)C)[C@@H]2[C@H]1O. The van der Waals surface area contributed by atoms with Gasteiger partial charge in [0.05, 0.1) is 23.5 Å². The number of allylic oxidation sites excluding steroid dienone is 1. The highest BCUT2D eigenvalue weighted by Crippen LogP contribution is 2.50. The molecule has 1 aromatic rings. The number of hydrogen-bond acceptors (Lipinski definition) is 11. The lowest BCUT2D eigenvalue weighted by Crippen LogP contribution is -2.56. The molecule has 0 aromatic carbocycles. The largest absolute Gasteiger partial charge is 0.461 e. The molecule has 1 fully saturated rings. The molecule has 8 atom stereocenters. The van der Waals surface area contributed by atoms with Crippen molar-refractivity contribution in [1.82, 2.24) is 4.98 Å². The summed E-state index contributed by atoms with van der Waals surface area (Å²) in [5, 5.41) is 12.0. The zero-order valence-electron chi connectivity index (χ0n) is 27.3.